The minimum atomic E-state index is -0.992. The highest BCUT2D eigenvalue weighted by Crippen LogP contribution is 2.22. The van der Waals surface area contributed by atoms with Crippen LogP contribution in [0.5, 0.6) is 0 Å². The SMILES string of the molecule is O=C(NCCc1c[nH]c2ccccc12)c1cc(-c2ccc(F)c(F)c2)on1. The molecule has 1 amide bonds. The third-order valence-corrected chi connectivity index (χ3v) is 4.30. The summed E-state index contributed by atoms with van der Waals surface area (Å²) in [6.45, 7) is 0.425. The van der Waals surface area contributed by atoms with Gasteiger partial charge < -0.3 is 14.8 Å². The molecule has 0 atom stereocenters. The number of halogens is 2. The molecule has 2 aromatic carbocycles. The molecule has 2 aromatic heterocycles. The van der Waals surface area contributed by atoms with Crippen LogP contribution < -0.4 is 5.32 Å². The second-order valence-electron chi connectivity index (χ2n) is 6.07. The molecular formula is C20H15F2N3O2. The van der Waals surface area contributed by atoms with Crippen LogP contribution >= 0.6 is 0 Å². The van der Waals surface area contributed by atoms with E-state index in [-0.39, 0.29) is 11.5 Å². The molecule has 0 unspecified atom stereocenters. The van der Waals surface area contributed by atoms with Crippen LogP contribution in [0, 0.1) is 11.6 Å². The molecule has 2 N–H and O–H groups in total. The fourth-order valence-corrected chi connectivity index (χ4v) is 2.91. The average Bonchev–Trinajstić information content (AvgIpc) is 3.32. The number of carbonyl (C=O) groups is 1. The highest BCUT2D eigenvalue weighted by Gasteiger charge is 2.15. The van der Waals surface area contributed by atoms with Crippen molar-refractivity contribution in [2.24, 2.45) is 0 Å². The van der Waals surface area contributed by atoms with E-state index in [9.17, 15) is 13.6 Å². The van der Waals surface area contributed by atoms with Crippen molar-refractivity contribution in [1.29, 1.82) is 0 Å². The number of fused-ring (bicyclic) bond motifs is 1. The van der Waals surface area contributed by atoms with Gasteiger partial charge in [0.25, 0.3) is 5.91 Å². The number of hydrogen-bond donors (Lipinski definition) is 2. The van der Waals surface area contributed by atoms with Gasteiger partial charge in [0.05, 0.1) is 0 Å². The van der Waals surface area contributed by atoms with E-state index in [1.807, 2.05) is 30.5 Å². The van der Waals surface area contributed by atoms with Crippen molar-refractivity contribution in [1.82, 2.24) is 15.5 Å². The molecule has 0 spiro atoms. The van der Waals surface area contributed by atoms with Crippen molar-refractivity contribution in [2.75, 3.05) is 6.54 Å². The van der Waals surface area contributed by atoms with Gasteiger partial charge in [-0.1, -0.05) is 23.4 Å². The maximum atomic E-state index is 13.3. The minimum absolute atomic E-state index is 0.0775. The molecule has 7 heteroatoms. The number of nitrogens with one attached hydrogen (secondary N) is 2. The lowest BCUT2D eigenvalue weighted by Crippen LogP contribution is -2.25. The summed E-state index contributed by atoms with van der Waals surface area (Å²) in [5.41, 5.74) is 2.54. The van der Waals surface area contributed by atoms with Crippen LogP contribution in [0.2, 0.25) is 0 Å². The summed E-state index contributed by atoms with van der Waals surface area (Å²) >= 11 is 0. The van der Waals surface area contributed by atoms with Crippen molar-refractivity contribution in [3.8, 4) is 11.3 Å². The fraction of sp³-hybridized carbons (Fsp3) is 0.100. The molecule has 0 aliphatic carbocycles. The molecule has 0 saturated carbocycles. The van der Waals surface area contributed by atoms with E-state index in [4.69, 9.17) is 4.52 Å². The number of carbonyl (C=O) groups excluding carboxylic acids is 1. The smallest absolute Gasteiger partial charge is 0.273 e. The highest BCUT2D eigenvalue weighted by molar-refractivity contribution is 5.93. The van der Waals surface area contributed by atoms with E-state index in [2.05, 4.69) is 15.5 Å². The Morgan fingerprint density at radius 3 is 2.81 bits per heavy atom. The number of aromatic amines is 1. The van der Waals surface area contributed by atoms with Gasteiger partial charge in [-0.25, -0.2) is 8.78 Å². The third kappa shape index (κ3) is 3.44. The zero-order valence-electron chi connectivity index (χ0n) is 14.1. The number of amides is 1. The molecule has 0 radical (unpaired) electrons. The fourth-order valence-electron chi connectivity index (χ4n) is 2.91. The van der Waals surface area contributed by atoms with E-state index in [1.165, 1.54) is 12.1 Å². The second kappa shape index (κ2) is 7.03. The zero-order valence-corrected chi connectivity index (χ0v) is 14.1. The first kappa shape index (κ1) is 17.0. The van der Waals surface area contributed by atoms with Crippen molar-refractivity contribution in [3.05, 3.63) is 77.6 Å². The van der Waals surface area contributed by atoms with Crippen LogP contribution in [-0.4, -0.2) is 22.6 Å². The maximum Gasteiger partial charge on any atom is 0.273 e. The van der Waals surface area contributed by atoms with E-state index >= 15 is 0 Å². The minimum Gasteiger partial charge on any atom is -0.361 e. The van der Waals surface area contributed by atoms with Crippen LogP contribution in [0.3, 0.4) is 0 Å². The Balaban J connectivity index is 1.40. The molecule has 0 bridgehead atoms. The maximum absolute atomic E-state index is 13.3. The zero-order chi connectivity index (χ0) is 18.8. The average molecular weight is 367 g/mol. The van der Waals surface area contributed by atoms with Gasteiger partial charge in [-0.15, -0.1) is 0 Å². The molecule has 136 valence electrons. The van der Waals surface area contributed by atoms with Gasteiger partial charge in [-0.3, -0.25) is 4.79 Å². The first-order valence-electron chi connectivity index (χ1n) is 8.37. The van der Waals surface area contributed by atoms with E-state index in [1.54, 1.807) is 0 Å². The molecule has 0 aliphatic rings. The van der Waals surface area contributed by atoms with Crippen LogP contribution in [0.25, 0.3) is 22.2 Å². The lowest BCUT2D eigenvalue weighted by Gasteiger charge is -2.02. The summed E-state index contributed by atoms with van der Waals surface area (Å²) in [7, 11) is 0. The van der Waals surface area contributed by atoms with Gasteiger partial charge in [-0.05, 0) is 36.2 Å². The summed E-state index contributed by atoms with van der Waals surface area (Å²) in [5.74, 6) is -2.15. The number of H-pyrrole nitrogens is 1. The number of para-hydroxylation sites is 1. The van der Waals surface area contributed by atoms with Crippen molar-refractivity contribution in [2.45, 2.75) is 6.42 Å². The Labute approximate surface area is 153 Å². The Bertz CT molecular complexity index is 1120. The first-order chi connectivity index (χ1) is 13.1. The second-order valence-corrected chi connectivity index (χ2v) is 6.07. The molecule has 5 nitrogen and oxygen atoms in total. The predicted octanol–water partition coefficient (Wildman–Crippen LogP) is 4.07. The Kier molecular flexibility index (Phi) is 4.42. The summed E-state index contributed by atoms with van der Waals surface area (Å²) in [5, 5.41) is 7.60. The molecule has 27 heavy (non-hydrogen) atoms. The first-order valence-corrected chi connectivity index (χ1v) is 8.37. The molecule has 0 saturated heterocycles. The molecule has 0 aliphatic heterocycles. The summed E-state index contributed by atoms with van der Waals surface area (Å²) in [6.07, 6.45) is 2.58. The summed E-state index contributed by atoms with van der Waals surface area (Å²) in [4.78, 5) is 15.4. The molecule has 0 fully saturated rings. The van der Waals surface area contributed by atoms with Gasteiger partial charge in [-0.2, -0.15) is 0 Å². The topological polar surface area (TPSA) is 70.9 Å². The van der Waals surface area contributed by atoms with Gasteiger partial charge in [0.2, 0.25) is 0 Å². The van der Waals surface area contributed by atoms with Crippen LogP contribution in [0.4, 0.5) is 8.78 Å². The Morgan fingerprint density at radius 2 is 1.96 bits per heavy atom. The lowest BCUT2D eigenvalue weighted by molar-refractivity contribution is 0.0945. The standard InChI is InChI=1S/C20H15F2N3O2/c21-15-6-5-12(9-16(15)22)19-10-18(25-27-19)20(26)23-8-7-13-11-24-17-4-2-1-3-14(13)17/h1-6,9-11,24H,7-8H2,(H,23,26). The van der Waals surface area contributed by atoms with Crippen molar-refractivity contribution in [3.63, 3.8) is 0 Å². The number of rotatable bonds is 5. The molecule has 4 aromatic rings. The largest absolute Gasteiger partial charge is 0.361 e. The van der Waals surface area contributed by atoms with Crippen LogP contribution in [0.1, 0.15) is 16.1 Å². The number of hydrogen-bond acceptors (Lipinski definition) is 3. The van der Waals surface area contributed by atoms with Crippen LogP contribution in [-0.2, 0) is 6.42 Å². The molecule has 2 heterocycles. The number of nitrogens with zero attached hydrogens (tertiary/aromatic N) is 1. The highest BCUT2D eigenvalue weighted by atomic mass is 19.2. The van der Waals surface area contributed by atoms with Gasteiger partial charge in [0, 0.05) is 35.3 Å². The summed E-state index contributed by atoms with van der Waals surface area (Å²) < 4.78 is 31.4. The van der Waals surface area contributed by atoms with Crippen LogP contribution in [0.15, 0.2) is 59.3 Å². The monoisotopic (exact) mass is 367 g/mol. The molecular weight excluding hydrogens is 352 g/mol. The summed E-state index contributed by atoms with van der Waals surface area (Å²) in [6, 6.07) is 12.7. The Hall–Kier alpha value is -3.48. The van der Waals surface area contributed by atoms with Gasteiger partial charge in [0.1, 0.15) is 0 Å². The third-order valence-electron chi connectivity index (χ3n) is 4.30. The quantitative estimate of drug-likeness (QED) is 0.558. The Morgan fingerprint density at radius 1 is 1.11 bits per heavy atom. The predicted molar refractivity (Wildman–Crippen MR) is 96.2 cm³/mol. The molecule has 4 rings (SSSR count). The van der Waals surface area contributed by atoms with Gasteiger partial charge >= 0.3 is 0 Å². The van der Waals surface area contributed by atoms with Crippen molar-refractivity contribution < 1.29 is 18.1 Å². The number of aromatic nitrogens is 2. The van der Waals surface area contributed by atoms with E-state index in [0.717, 1.165) is 28.6 Å². The lowest BCUT2D eigenvalue weighted by atomic mass is 10.1. The number of benzene rings is 2. The van der Waals surface area contributed by atoms with E-state index < -0.39 is 17.5 Å². The van der Waals surface area contributed by atoms with Crippen molar-refractivity contribution >= 4 is 16.8 Å². The normalized spacial score (nSPS) is 11.0. The van der Waals surface area contributed by atoms with Gasteiger partial charge in [0.15, 0.2) is 23.1 Å². The van der Waals surface area contributed by atoms with E-state index in [0.29, 0.717) is 18.5 Å².